The molecule has 0 heterocycles. The minimum Gasteiger partial charge on any atom is -0.480 e. The first-order chi connectivity index (χ1) is 6.15. The molecule has 1 aliphatic rings. The van der Waals surface area contributed by atoms with E-state index in [1.165, 1.54) is 0 Å². The van der Waals surface area contributed by atoms with Crippen molar-refractivity contribution in [3.05, 3.63) is 0 Å². The van der Waals surface area contributed by atoms with Gasteiger partial charge in [-0.1, -0.05) is 6.42 Å². The van der Waals surface area contributed by atoms with Crippen molar-refractivity contribution in [2.24, 2.45) is 5.92 Å². The molecule has 0 aromatic heterocycles. The molecule has 74 valence electrons. The number of rotatable bonds is 4. The average molecular weight is 203 g/mol. The predicted octanol–water partition coefficient (Wildman–Crippen LogP) is 0.286. The topological polar surface area (TPSA) is 66.4 Å². The molecule has 4 nitrogen and oxygen atoms in total. The van der Waals surface area contributed by atoms with E-state index in [0.717, 1.165) is 19.3 Å². The van der Waals surface area contributed by atoms with Crippen molar-refractivity contribution in [1.29, 1.82) is 0 Å². The maximum absolute atomic E-state index is 11.3. The summed E-state index contributed by atoms with van der Waals surface area (Å²) in [7, 11) is 0. The minimum atomic E-state index is -1.03. The Morgan fingerprint density at radius 3 is 2.46 bits per heavy atom. The van der Waals surface area contributed by atoms with Gasteiger partial charge in [0.2, 0.25) is 5.91 Å². The SMILES string of the molecule is O=C(NC(CS)C(=O)O)C1CCC1. The van der Waals surface area contributed by atoms with Crippen LogP contribution in [0.15, 0.2) is 0 Å². The Balaban J connectivity index is 2.36. The second-order valence-corrected chi connectivity index (χ2v) is 3.57. The molecule has 0 aromatic rings. The predicted molar refractivity (Wildman–Crippen MR) is 50.8 cm³/mol. The fraction of sp³-hybridized carbons (Fsp3) is 0.750. The van der Waals surface area contributed by atoms with Gasteiger partial charge in [-0.2, -0.15) is 12.6 Å². The Morgan fingerprint density at radius 2 is 2.15 bits per heavy atom. The second-order valence-electron chi connectivity index (χ2n) is 3.21. The summed E-state index contributed by atoms with van der Waals surface area (Å²) in [5.41, 5.74) is 0. The summed E-state index contributed by atoms with van der Waals surface area (Å²) < 4.78 is 0. The van der Waals surface area contributed by atoms with Crippen LogP contribution in [-0.4, -0.2) is 28.8 Å². The molecule has 1 aliphatic carbocycles. The van der Waals surface area contributed by atoms with Crippen LogP contribution in [0.2, 0.25) is 0 Å². The van der Waals surface area contributed by atoms with E-state index in [4.69, 9.17) is 5.11 Å². The minimum absolute atomic E-state index is 0.0294. The van der Waals surface area contributed by atoms with Gasteiger partial charge in [-0.25, -0.2) is 4.79 Å². The molecule has 1 saturated carbocycles. The van der Waals surface area contributed by atoms with Gasteiger partial charge in [0, 0.05) is 11.7 Å². The zero-order chi connectivity index (χ0) is 9.84. The Morgan fingerprint density at radius 1 is 1.54 bits per heavy atom. The highest BCUT2D eigenvalue weighted by molar-refractivity contribution is 7.80. The number of carboxylic acid groups (broad SMARTS) is 1. The Kier molecular flexibility index (Phi) is 3.59. The summed E-state index contributed by atoms with van der Waals surface area (Å²) in [6.07, 6.45) is 2.83. The Labute approximate surface area is 82.1 Å². The number of hydrogen-bond donors (Lipinski definition) is 3. The molecule has 5 heteroatoms. The molecule has 2 N–H and O–H groups in total. The molecule has 13 heavy (non-hydrogen) atoms. The van der Waals surface area contributed by atoms with Gasteiger partial charge in [-0.05, 0) is 12.8 Å². The molecule has 1 fully saturated rings. The summed E-state index contributed by atoms with van der Waals surface area (Å²) in [4.78, 5) is 21.8. The molecule has 0 radical (unpaired) electrons. The standard InChI is InChI=1S/C8H13NO3S/c10-7(5-2-1-3-5)9-6(4-13)8(11)12/h5-6,13H,1-4H2,(H,9,10)(H,11,12). The normalized spacial score (nSPS) is 18.8. The summed E-state index contributed by atoms with van der Waals surface area (Å²) >= 11 is 3.85. The molecule has 0 saturated heterocycles. The van der Waals surface area contributed by atoms with Crippen LogP contribution in [0, 0.1) is 5.92 Å². The van der Waals surface area contributed by atoms with Crippen LogP contribution < -0.4 is 5.32 Å². The molecule has 1 rings (SSSR count). The van der Waals surface area contributed by atoms with Crippen molar-refractivity contribution in [2.45, 2.75) is 25.3 Å². The Hall–Kier alpha value is -0.710. The number of carboxylic acids is 1. The van der Waals surface area contributed by atoms with Crippen LogP contribution in [0.5, 0.6) is 0 Å². The van der Waals surface area contributed by atoms with Gasteiger partial charge in [0.25, 0.3) is 0 Å². The van der Waals surface area contributed by atoms with E-state index in [1.54, 1.807) is 0 Å². The van der Waals surface area contributed by atoms with Gasteiger partial charge in [0.05, 0.1) is 0 Å². The van der Waals surface area contributed by atoms with Crippen LogP contribution >= 0.6 is 12.6 Å². The molecule has 0 aliphatic heterocycles. The fourth-order valence-corrected chi connectivity index (χ4v) is 1.39. The van der Waals surface area contributed by atoms with Gasteiger partial charge >= 0.3 is 5.97 Å². The first-order valence-electron chi connectivity index (χ1n) is 4.29. The van der Waals surface area contributed by atoms with E-state index in [1.807, 2.05) is 0 Å². The highest BCUT2D eigenvalue weighted by Gasteiger charge is 2.28. The molecule has 0 aromatic carbocycles. The third kappa shape index (κ3) is 2.62. The van der Waals surface area contributed by atoms with Crippen molar-refractivity contribution in [2.75, 3.05) is 5.75 Å². The smallest absolute Gasteiger partial charge is 0.327 e. The molecule has 1 atom stereocenters. The van der Waals surface area contributed by atoms with E-state index in [0.29, 0.717) is 0 Å². The zero-order valence-corrected chi connectivity index (χ0v) is 8.09. The number of thiol groups is 1. The maximum Gasteiger partial charge on any atom is 0.327 e. The number of carbonyl (C=O) groups is 2. The molecule has 0 spiro atoms. The van der Waals surface area contributed by atoms with Crippen molar-refractivity contribution in [1.82, 2.24) is 5.32 Å². The second kappa shape index (κ2) is 4.50. The lowest BCUT2D eigenvalue weighted by Crippen LogP contribution is -2.46. The molecule has 0 bridgehead atoms. The highest BCUT2D eigenvalue weighted by atomic mass is 32.1. The van der Waals surface area contributed by atoms with Crippen LogP contribution in [0.4, 0.5) is 0 Å². The fourth-order valence-electron chi connectivity index (χ4n) is 1.15. The average Bonchev–Trinajstić information content (AvgIpc) is 1.96. The summed E-state index contributed by atoms with van der Waals surface area (Å²) in [5, 5.41) is 11.1. The van der Waals surface area contributed by atoms with Gasteiger partial charge < -0.3 is 10.4 Å². The number of nitrogens with one attached hydrogen (secondary N) is 1. The van der Waals surface area contributed by atoms with E-state index in [2.05, 4.69) is 17.9 Å². The molecule has 1 unspecified atom stereocenters. The first-order valence-corrected chi connectivity index (χ1v) is 4.92. The summed E-state index contributed by atoms with van der Waals surface area (Å²) in [6.45, 7) is 0. The lowest BCUT2D eigenvalue weighted by atomic mass is 9.84. The molecular formula is C8H13NO3S. The van der Waals surface area contributed by atoms with Crippen LogP contribution in [0.25, 0.3) is 0 Å². The van der Waals surface area contributed by atoms with Gasteiger partial charge in [-0.15, -0.1) is 0 Å². The van der Waals surface area contributed by atoms with Crippen molar-refractivity contribution >= 4 is 24.5 Å². The third-order valence-electron chi connectivity index (χ3n) is 2.27. The van der Waals surface area contributed by atoms with Crippen molar-refractivity contribution in [3.8, 4) is 0 Å². The quantitative estimate of drug-likeness (QED) is 0.575. The first kappa shape index (κ1) is 10.4. The molecular weight excluding hydrogens is 190 g/mol. The van der Waals surface area contributed by atoms with Gasteiger partial charge in [-0.3, -0.25) is 4.79 Å². The van der Waals surface area contributed by atoms with Crippen molar-refractivity contribution in [3.63, 3.8) is 0 Å². The van der Waals surface area contributed by atoms with Gasteiger partial charge in [0.15, 0.2) is 0 Å². The van der Waals surface area contributed by atoms with E-state index >= 15 is 0 Å². The van der Waals surface area contributed by atoms with E-state index in [9.17, 15) is 9.59 Å². The lowest BCUT2D eigenvalue weighted by Gasteiger charge is -2.25. The summed E-state index contributed by atoms with van der Waals surface area (Å²) in [6, 6.07) is -0.851. The zero-order valence-electron chi connectivity index (χ0n) is 7.19. The van der Waals surface area contributed by atoms with Crippen molar-refractivity contribution < 1.29 is 14.7 Å². The number of aliphatic carboxylic acids is 1. The van der Waals surface area contributed by atoms with Crippen LogP contribution in [0.1, 0.15) is 19.3 Å². The molecule has 1 amide bonds. The van der Waals surface area contributed by atoms with Crippen LogP contribution in [0.3, 0.4) is 0 Å². The largest absolute Gasteiger partial charge is 0.480 e. The highest BCUT2D eigenvalue weighted by Crippen LogP contribution is 2.26. The third-order valence-corrected chi connectivity index (χ3v) is 2.64. The lowest BCUT2D eigenvalue weighted by molar-refractivity contribution is -0.142. The summed E-state index contributed by atoms with van der Waals surface area (Å²) in [5.74, 6) is -1.01. The van der Waals surface area contributed by atoms with E-state index < -0.39 is 12.0 Å². The monoisotopic (exact) mass is 203 g/mol. The maximum atomic E-state index is 11.3. The number of carbonyl (C=O) groups excluding carboxylic acids is 1. The number of hydrogen-bond acceptors (Lipinski definition) is 3. The number of amides is 1. The Bertz CT molecular complexity index is 215. The van der Waals surface area contributed by atoms with Gasteiger partial charge in [0.1, 0.15) is 6.04 Å². The van der Waals surface area contributed by atoms with Crippen LogP contribution in [-0.2, 0) is 9.59 Å². The van der Waals surface area contributed by atoms with E-state index in [-0.39, 0.29) is 17.6 Å².